The molecule has 0 radical (unpaired) electrons. The number of hydrogen-bond donors (Lipinski definition) is 1. The fourth-order valence-corrected chi connectivity index (χ4v) is 5.41. The van der Waals surface area contributed by atoms with E-state index in [9.17, 15) is 13.7 Å². The molecule has 4 nitrogen and oxygen atoms in total. The molecule has 2 aromatic rings. The van der Waals surface area contributed by atoms with Crippen LogP contribution in [0.3, 0.4) is 0 Å². The van der Waals surface area contributed by atoms with E-state index in [0.29, 0.717) is 0 Å². The zero-order chi connectivity index (χ0) is 17.5. The predicted molar refractivity (Wildman–Crippen MR) is 93.2 cm³/mol. The lowest BCUT2D eigenvalue weighted by Crippen LogP contribution is -2.29. The standard InChI is InChI=1S/C19H20N2O2S/c1-3-14-6-8-15(9-7-14)17-18(19(17,21)12-20)24(22,23)16-10-4-13(2)5-11-16/h4-11,17-18H,3,21H2,1-2H3/t17-,18-,19+/m1/s1. The van der Waals surface area contributed by atoms with Crippen molar-refractivity contribution in [2.45, 2.75) is 41.9 Å². The summed E-state index contributed by atoms with van der Waals surface area (Å²) in [5.41, 5.74) is 7.72. The number of aryl methyl sites for hydroxylation is 2. The maximum absolute atomic E-state index is 13.0. The highest BCUT2D eigenvalue weighted by Crippen LogP contribution is 2.55. The Morgan fingerprint density at radius 2 is 1.71 bits per heavy atom. The van der Waals surface area contributed by atoms with E-state index in [1.54, 1.807) is 24.3 Å². The fourth-order valence-electron chi connectivity index (χ4n) is 3.23. The van der Waals surface area contributed by atoms with Crippen LogP contribution in [0, 0.1) is 18.3 Å². The van der Waals surface area contributed by atoms with Gasteiger partial charge in [-0.15, -0.1) is 0 Å². The third-order valence-electron chi connectivity index (χ3n) is 4.80. The third kappa shape index (κ3) is 2.52. The molecular weight excluding hydrogens is 320 g/mol. The molecule has 1 fully saturated rings. The van der Waals surface area contributed by atoms with Crippen molar-refractivity contribution in [2.24, 2.45) is 5.73 Å². The monoisotopic (exact) mass is 340 g/mol. The zero-order valence-electron chi connectivity index (χ0n) is 13.7. The first-order valence-corrected chi connectivity index (χ1v) is 9.48. The van der Waals surface area contributed by atoms with Gasteiger partial charge in [-0.05, 0) is 36.6 Å². The molecule has 3 atom stereocenters. The van der Waals surface area contributed by atoms with Gasteiger partial charge in [0, 0.05) is 5.92 Å². The van der Waals surface area contributed by atoms with Crippen molar-refractivity contribution in [3.05, 3.63) is 65.2 Å². The van der Waals surface area contributed by atoms with Crippen LogP contribution in [0.4, 0.5) is 0 Å². The molecule has 0 unspecified atom stereocenters. The number of nitriles is 1. The predicted octanol–water partition coefficient (Wildman–Crippen LogP) is 2.72. The molecule has 3 rings (SSSR count). The van der Waals surface area contributed by atoms with Crippen LogP contribution in [0.1, 0.15) is 29.5 Å². The largest absolute Gasteiger partial charge is 0.312 e. The van der Waals surface area contributed by atoms with E-state index < -0.39 is 26.5 Å². The molecule has 0 amide bonds. The average molecular weight is 340 g/mol. The van der Waals surface area contributed by atoms with E-state index in [2.05, 4.69) is 6.92 Å². The van der Waals surface area contributed by atoms with Gasteiger partial charge in [-0.2, -0.15) is 5.26 Å². The van der Waals surface area contributed by atoms with E-state index in [1.165, 1.54) is 0 Å². The molecule has 2 N–H and O–H groups in total. The molecule has 0 saturated heterocycles. The molecule has 0 bridgehead atoms. The normalized spacial score (nSPS) is 25.9. The summed E-state index contributed by atoms with van der Waals surface area (Å²) in [6, 6.07) is 16.4. The summed E-state index contributed by atoms with van der Waals surface area (Å²) < 4.78 is 25.9. The van der Waals surface area contributed by atoms with Crippen molar-refractivity contribution in [1.29, 1.82) is 5.26 Å². The molecule has 1 aliphatic carbocycles. The summed E-state index contributed by atoms with van der Waals surface area (Å²) in [6.45, 7) is 3.95. The summed E-state index contributed by atoms with van der Waals surface area (Å²) in [4.78, 5) is 0.218. The van der Waals surface area contributed by atoms with Crippen LogP contribution < -0.4 is 5.73 Å². The first-order chi connectivity index (χ1) is 11.3. The number of sulfone groups is 1. The molecule has 1 saturated carbocycles. The smallest absolute Gasteiger partial charge is 0.184 e. The van der Waals surface area contributed by atoms with Crippen LogP contribution in [0.5, 0.6) is 0 Å². The Bertz CT molecular complexity index is 896. The highest BCUT2D eigenvalue weighted by molar-refractivity contribution is 7.92. The van der Waals surface area contributed by atoms with Crippen LogP contribution in [0.15, 0.2) is 53.4 Å². The van der Waals surface area contributed by atoms with Crippen molar-refractivity contribution in [1.82, 2.24) is 0 Å². The summed E-state index contributed by atoms with van der Waals surface area (Å²) >= 11 is 0. The summed E-state index contributed by atoms with van der Waals surface area (Å²) in [5.74, 6) is -0.500. The average Bonchev–Trinajstić information content (AvgIpc) is 3.23. The molecule has 0 aliphatic heterocycles. The molecule has 0 aromatic heterocycles. The van der Waals surface area contributed by atoms with E-state index in [4.69, 9.17) is 5.73 Å². The molecule has 24 heavy (non-hydrogen) atoms. The van der Waals surface area contributed by atoms with Crippen LogP contribution >= 0.6 is 0 Å². The van der Waals surface area contributed by atoms with Gasteiger partial charge in [0.2, 0.25) is 0 Å². The Hall–Kier alpha value is -2.16. The fraction of sp³-hybridized carbons (Fsp3) is 0.316. The summed E-state index contributed by atoms with van der Waals surface area (Å²) in [7, 11) is -3.66. The lowest BCUT2D eigenvalue weighted by Gasteiger charge is -2.05. The number of rotatable bonds is 4. The number of hydrogen-bond acceptors (Lipinski definition) is 4. The van der Waals surface area contributed by atoms with E-state index in [-0.39, 0.29) is 4.90 Å². The van der Waals surface area contributed by atoms with Gasteiger partial charge >= 0.3 is 0 Å². The van der Waals surface area contributed by atoms with Crippen molar-refractivity contribution in [3.8, 4) is 6.07 Å². The molecule has 1 aliphatic rings. The zero-order valence-corrected chi connectivity index (χ0v) is 14.5. The second kappa shape index (κ2) is 5.73. The molecule has 5 heteroatoms. The SMILES string of the molecule is CCc1ccc([C@@H]2[C@@H](S(=O)(=O)c3ccc(C)cc3)[C@]2(N)C#N)cc1. The van der Waals surface area contributed by atoms with Gasteiger partial charge in [0.25, 0.3) is 0 Å². The van der Waals surface area contributed by atoms with Gasteiger partial charge in [0.1, 0.15) is 10.8 Å². The van der Waals surface area contributed by atoms with Gasteiger partial charge < -0.3 is 5.73 Å². The van der Waals surface area contributed by atoms with Gasteiger partial charge in [-0.1, -0.05) is 48.9 Å². The molecule has 124 valence electrons. The minimum Gasteiger partial charge on any atom is -0.312 e. The van der Waals surface area contributed by atoms with Crippen LogP contribution in [-0.4, -0.2) is 19.2 Å². The summed E-state index contributed by atoms with van der Waals surface area (Å²) in [6.07, 6.45) is 0.905. The van der Waals surface area contributed by atoms with E-state index in [0.717, 1.165) is 23.1 Å². The second-order valence-corrected chi connectivity index (χ2v) is 8.47. The second-order valence-electron chi connectivity index (χ2n) is 6.40. The Labute approximate surface area is 142 Å². The maximum atomic E-state index is 13.0. The molecule has 0 heterocycles. The molecule has 0 spiro atoms. The number of nitrogens with zero attached hydrogens (tertiary/aromatic N) is 1. The first-order valence-electron chi connectivity index (χ1n) is 7.94. The molecule has 2 aromatic carbocycles. The quantitative estimate of drug-likeness (QED) is 0.927. The Kier molecular flexibility index (Phi) is 3.98. The van der Waals surface area contributed by atoms with Crippen molar-refractivity contribution >= 4 is 9.84 Å². The van der Waals surface area contributed by atoms with Crippen LogP contribution in [0.25, 0.3) is 0 Å². The van der Waals surface area contributed by atoms with Crippen molar-refractivity contribution in [2.75, 3.05) is 0 Å². The Morgan fingerprint density at radius 3 is 2.21 bits per heavy atom. The van der Waals surface area contributed by atoms with Gasteiger partial charge in [0.15, 0.2) is 9.84 Å². The lowest BCUT2D eigenvalue weighted by atomic mass is 10.0. The minimum absolute atomic E-state index is 0.218. The summed E-state index contributed by atoms with van der Waals surface area (Å²) in [5, 5.41) is 8.57. The van der Waals surface area contributed by atoms with Crippen molar-refractivity contribution < 1.29 is 8.42 Å². The maximum Gasteiger partial charge on any atom is 0.184 e. The Balaban J connectivity index is 2.00. The lowest BCUT2D eigenvalue weighted by molar-refractivity contribution is 0.592. The van der Waals surface area contributed by atoms with Crippen LogP contribution in [0.2, 0.25) is 0 Å². The first kappa shape index (κ1) is 16.7. The minimum atomic E-state index is -3.66. The third-order valence-corrected chi connectivity index (χ3v) is 7.06. The highest BCUT2D eigenvalue weighted by atomic mass is 32.2. The van der Waals surface area contributed by atoms with Crippen molar-refractivity contribution in [3.63, 3.8) is 0 Å². The Morgan fingerprint density at radius 1 is 1.12 bits per heavy atom. The topological polar surface area (TPSA) is 83.9 Å². The van der Waals surface area contributed by atoms with E-state index in [1.807, 2.05) is 37.3 Å². The van der Waals surface area contributed by atoms with E-state index >= 15 is 0 Å². The van der Waals surface area contributed by atoms with Gasteiger partial charge in [-0.25, -0.2) is 8.42 Å². The van der Waals surface area contributed by atoms with Gasteiger partial charge in [-0.3, -0.25) is 0 Å². The van der Waals surface area contributed by atoms with Gasteiger partial charge in [0.05, 0.1) is 11.0 Å². The number of nitrogens with two attached hydrogens (primary N) is 1. The number of benzene rings is 2. The molecular formula is C19H20N2O2S. The van der Waals surface area contributed by atoms with Crippen LogP contribution in [-0.2, 0) is 16.3 Å². The highest BCUT2D eigenvalue weighted by Gasteiger charge is 2.70.